The number of hydrogen-bond donors (Lipinski definition) is 5. The summed E-state index contributed by atoms with van der Waals surface area (Å²) in [5.41, 5.74) is 19.8. The maximum Gasteiger partial charge on any atom is 0.248 e. The number of nitrogens with two attached hydrogens (primary N) is 2. The van der Waals surface area contributed by atoms with Gasteiger partial charge in [-0.1, -0.05) is 36.4 Å². The van der Waals surface area contributed by atoms with E-state index in [2.05, 4.69) is 29.6 Å². The predicted molar refractivity (Wildman–Crippen MR) is 148 cm³/mol. The van der Waals surface area contributed by atoms with Gasteiger partial charge in [0.1, 0.15) is 5.84 Å². The molecule has 0 radical (unpaired) electrons. The number of nitrogen functional groups attached to an aromatic ring is 1. The topological polar surface area (TPSA) is 134 Å². The number of ether oxygens (including phenoxy) is 1. The number of anilines is 1. The molecular weight excluding hydrogens is 476 g/mol. The van der Waals surface area contributed by atoms with Crippen LogP contribution in [-0.2, 0) is 6.42 Å². The molecule has 0 fully saturated rings. The monoisotopic (exact) mass is 504 g/mol. The summed E-state index contributed by atoms with van der Waals surface area (Å²) in [6.45, 7) is 0. The molecule has 7 N–H and O–H groups in total. The van der Waals surface area contributed by atoms with Crippen LogP contribution in [0.3, 0.4) is 0 Å². The van der Waals surface area contributed by atoms with Crippen molar-refractivity contribution in [1.29, 1.82) is 5.41 Å². The van der Waals surface area contributed by atoms with E-state index in [9.17, 15) is 9.90 Å². The number of hydrogen-bond acceptors (Lipinski definition) is 5. The summed E-state index contributed by atoms with van der Waals surface area (Å²) in [6.07, 6.45) is 0.867. The standard InChI is InChI=1S/C31H28N4O3/c1-38-27-15-22(21(14-26(27)36)16-6-8-17(9-7-16)31(34)37)29-24-12-18-4-2-3-5-20(18)28(24)23-13-19(30(32)33)10-11-25(23)35-29/h2-11,13-15,24,28-29,35-36H,12H2,1H3,(H3,32,33)(H2,34,37). The summed E-state index contributed by atoms with van der Waals surface area (Å²) in [5.74, 6) is 0.263. The molecular formula is C31H28N4O3. The summed E-state index contributed by atoms with van der Waals surface area (Å²) in [7, 11) is 1.54. The third kappa shape index (κ3) is 3.75. The van der Waals surface area contributed by atoms with E-state index < -0.39 is 5.91 Å². The highest BCUT2D eigenvalue weighted by molar-refractivity contribution is 5.96. The predicted octanol–water partition coefficient (Wildman–Crippen LogP) is 4.92. The van der Waals surface area contributed by atoms with Crippen LogP contribution in [0.4, 0.5) is 5.69 Å². The Morgan fingerprint density at radius 1 is 0.947 bits per heavy atom. The molecule has 0 bridgehead atoms. The highest BCUT2D eigenvalue weighted by Gasteiger charge is 2.44. The Hall–Kier alpha value is -4.78. The molecule has 1 heterocycles. The lowest BCUT2D eigenvalue weighted by atomic mass is 9.74. The maximum absolute atomic E-state index is 11.7. The number of phenolic OH excluding ortho intramolecular Hbond substituents is 1. The second kappa shape index (κ2) is 8.95. The number of nitrogens with one attached hydrogen (secondary N) is 2. The number of carbonyl (C=O) groups excluding carboxylic acids is 1. The summed E-state index contributed by atoms with van der Waals surface area (Å²) < 4.78 is 5.53. The lowest BCUT2D eigenvalue weighted by Gasteiger charge is -2.39. The smallest absolute Gasteiger partial charge is 0.248 e. The highest BCUT2D eigenvalue weighted by Crippen LogP contribution is 2.55. The van der Waals surface area contributed by atoms with Gasteiger partial charge >= 0.3 is 0 Å². The number of fused-ring (bicyclic) bond motifs is 5. The van der Waals surface area contributed by atoms with Crippen molar-refractivity contribution in [2.75, 3.05) is 12.4 Å². The number of phenols is 1. The quantitative estimate of drug-likeness (QED) is 0.194. The van der Waals surface area contributed by atoms with Crippen molar-refractivity contribution < 1.29 is 14.6 Å². The molecule has 38 heavy (non-hydrogen) atoms. The van der Waals surface area contributed by atoms with Gasteiger partial charge in [-0.25, -0.2) is 0 Å². The molecule has 0 aromatic heterocycles. The zero-order valence-corrected chi connectivity index (χ0v) is 20.9. The SMILES string of the molecule is COc1cc(C2Nc3ccc(C(=N)N)cc3C3c4ccccc4CC23)c(-c2ccc(C(N)=O)cc2)cc1O. The number of amides is 1. The van der Waals surface area contributed by atoms with Crippen LogP contribution in [0.2, 0.25) is 0 Å². The minimum atomic E-state index is -0.489. The zero-order valence-electron chi connectivity index (χ0n) is 20.9. The molecule has 190 valence electrons. The molecule has 0 spiro atoms. The van der Waals surface area contributed by atoms with E-state index in [0.717, 1.165) is 34.4 Å². The number of primary amides is 1. The molecule has 3 unspecified atom stereocenters. The van der Waals surface area contributed by atoms with Crippen LogP contribution in [-0.4, -0.2) is 24.0 Å². The molecule has 1 aliphatic carbocycles. The van der Waals surface area contributed by atoms with Crippen LogP contribution >= 0.6 is 0 Å². The molecule has 7 heteroatoms. The number of amidine groups is 1. The molecule has 0 saturated heterocycles. The van der Waals surface area contributed by atoms with Crippen molar-refractivity contribution in [3.05, 3.63) is 112 Å². The van der Waals surface area contributed by atoms with Gasteiger partial charge in [-0.2, -0.15) is 0 Å². The summed E-state index contributed by atoms with van der Waals surface area (Å²) in [6, 6.07) is 25.0. The fourth-order valence-electron chi connectivity index (χ4n) is 6.11. The van der Waals surface area contributed by atoms with E-state index >= 15 is 0 Å². The Labute approximate surface area is 220 Å². The van der Waals surface area contributed by atoms with Crippen molar-refractivity contribution >= 4 is 17.4 Å². The van der Waals surface area contributed by atoms with Gasteiger partial charge in [0.05, 0.1) is 13.2 Å². The summed E-state index contributed by atoms with van der Waals surface area (Å²) >= 11 is 0. The van der Waals surface area contributed by atoms with E-state index in [-0.39, 0.29) is 29.5 Å². The summed E-state index contributed by atoms with van der Waals surface area (Å²) in [4.78, 5) is 11.7. The second-order valence-electron chi connectivity index (χ2n) is 9.94. The van der Waals surface area contributed by atoms with Gasteiger partial charge in [0.25, 0.3) is 0 Å². The van der Waals surface area contributed by atoms with E-state index in [1.54, 1.807) is 25.3 Å². The van der Waals surface area contributed by atoms with Gasteiger partial charge < -0.3 is 26.6 Å². The molecule has 0 saturated carbocycles. The molecule has 4 aromatic rings. The molecule has 3 atom stereocenters. The maximum atomic E-state index is 11.7. The molecule has 6 rings (SSSR count). The second-order valence-corrected chi connectivity index (χ2v) is 9.94. The highest BCUT2D eigenvalue weighted by atomic mass is 16.5. The number of rotatable bonds is 5. The van der Waals surface area contributed by atoms with Crippen molar-refractivity contribution in [3.8, 4) is 22.6 Å². The molecule has 1 amide bonds. The van der Waals surface area contributed by atoms with Crippen molar-refractivity contribution in [2.45, 2.75) is 18.4 Å². The van der Waals surface area contributed by atoms with Crippen LogP contribution in [0.5, 0.6) is 11.5 Å². The number of methoxy groups -OCH3 is 1. The van der Waals surface area contributed by atoms with Crippen molar-refractivity contribution in [2.24, 2.45) is 17.4 Å². The third-order valence-corrected chi connectivity index (χ3v) is 7.88. The Morgan fingerprint density at radius 3 is 2.39 bits per heavy atom. The summed E-state index contributed by atoms with van der Waals surface area (Å²) in [5, 5.41) is 22.5. The fourth-order valence-corrected chi connectivity index (χ4v) is 6.11. The largest absolute Gasteiger partial charge is 0.504 e. The van der Waals surface area contributed by atoms with E-state index in [4.69, 9.17) is 21.6 Å². The average molecular weight is 505 g/mol. The van der Waals surface area contributed by atoms with E-state index in [1.165, 1.54) is 11.1 Å². The van der Waals surface area contributed by atoms with Crippen LogP contribution in [0.1, 0.15) is 50.1 Å². The first-order valence-corrected chi connectivity index (χ1v) is 12.5. The third-order valence-electron chi connectivity index (χ3n) is 7.88. The first-order valence-electron chi connectivity index (χ1n) is 12.5. The van der Waals surface area contributed by atoms with Crippen LogP contribution in [0.25, 0.3) is 11.1 Å². The van der Waals surface area contributed by atoms with E-state index in [0.29, 0.717) is 16.9 Å². The minimum absolute atomic E-state index is 0.0406. The lowest BCUT2D eigenvalue weighted by molar-refractivity contribution is 0.100. The number of aromatic hydroxyl groups is 1. The van der Waals surface area contributed by atoms with Gasteiger partial charge in [-0.3, -0.25) is 10.2 Å². The normalized spacial score (nSPS) is 19.0. The van der Waals surface area contributed by atoms with Crippen LogP contribution in [0.15, 0.2) is 78.9 Å². The minimum Gasteiger partial charge on any atom is -0.504 e. The first kappa shape index (κ1) is 23.6. The van der Waals surface area contributed by atoms with Gasteiger partial charge in [-0.05, 0) is 88.2 Å². The van der Waals surface area contributed by atoms with Gasteiger partial charge in [0, 0.05) is 22.7 Å². The van der Waals surface area contributed by atoms with Crippen LogP contribution < -0.4 is 21.5 Å². The molecule has 7 nitrogen and oxygen atoms in total. The Bertz CT molecular complexity index is 1600. The van der Waals surface area contributed by atoms with E-state index in [1.807, 2.05) is 36.4 Å². The number of carbonyl (C=O) groups is 1. The Balaban J connectivity index is 1.54. The Morgan fingerprint density at radius 2 is 1.68 bits per heavy atom. The van der Waals surface area contributed by atoms with Gasteiger partial charge in [0.15, 0.2) is 11.5 Å². The molecule has 1 aliphatic heterocycles. The van der Waals surface area contributed by atoms with Crippen molar-refractivity contribution in [1.82, 2.24) is 0 Å². The van der Waals surface area contributed by atoms with Crippen molar-refractivity contribution in [3.63, 3.8) is 0 Å². The van der Waals surface area contributed by atoms with Crippen LogP contribution in [0, 0.1) is 11.3 Å². The average Bonchev–Trinajstić information content (AvgIpc) is 3.32. The zero-order chi connectivity index (χ0) is 26.6. The lowest BCUT2D eigenvalue weighted by Crippen LogP contribution is -2.31. The Kier molecular flexibility index (Phi) is 5.56. The number of benzene rings is 4. The van der Waals surface area contributed by atoms with Gasteiger partial charge in [-0.15, -0.1) is 0 Å². The first-order chi connectivity index (χ1) is 18.4. The fraction of sp³-hybridized carbons (Fsp3) is 0.161. The molecule has 4 aromatic carbocycles. The van der Waals surface area contributed by atoms with Gasteiger partial charge in [0.2, 0.25) is 5.91 Å². The molecule has 2 aliphatic rings.